The molecule has 100 valence electrons. The van der Waals surface area contributed by atoms with Gasteiger partial charge in [0, 0.05) is 19.3 Å². The average Bonchev–Trinajstić information content (AvgIpc) is 2.42. The number of hydrogen-bond donors (Lipinski definition) is 2. The lowest BCUT2D eigenvalue weighted by Gasteiger charge is -2.29. The summed E-state index contributed by atoms with van der Waals surface area (Å²) in [7, 11) is 1.56. The van der Waals surface area contributed by atoms with Crippen LogP contribution in [-0.4, -0.2) is 25.4 Å². The van der Waals surface area contributed by atoms with Gasteiger partial charge in [0.1, 0.15) is 11.5 Å². The summed E-state index contributed by atoms with van der Waals surface area (Å²) in [6.07, 6.45) is 1.77. The first-order valence-corrected chi connectivity index (χ1v) is 6.41. The topological polar surface area (TPSA) is 64.7 Å². The van der Waals surface area contributed by atoms with Crippen molar-refractivity contribution < 1.29 is 14.6 Å². The van der Waals surface area contributed by atoms with E-state index in [1.807, 2.05) is 0 Å². The van der Waals surface area contributed by atoms with Crippen LogP contribution in [0.2, 0.25) is 5.02 Å². The van der Waals surface area contributed by atoms with Crippen molar-refractivity contribution in [3.8, 4) is 11.5 Å². The third kappa shape index (κ3) is 2.55. The number of benzene rings is 1. The van der Waals surface area contributed by atoms with Gasteiger partial charge in [-0.05, 0) is 30.9 Å². The largest absolute Gasteiger partial charge is 0.506 e. The van der Waals surface area contributed by atoms with Crippen molar-refractivity contribution in [2.75, 3.05) is 20.3 Å². The molecule has 1 saturated heterocycles. The van der Waals surface area contributed by atoms with Gasteiger partial charge in [-0.3, -0.25) is 0 Å². The summed E-state index contributed by atoms with van der Waals surface area (Å²) in [4.78, 5) is 0. The van der Waals surface area contributed by atoms with Gasteiger partial charge in [0.15, 0.2) is 0 Å². The molecule has 1 aromatic rings. The van der Waals surface area contributed by atoms with Gasteiger partial charge in [0.05, 0.1) is 17.7 Å². The van der Waals surface area contributed by atoms with Crippen LogP contribution in [0.25, 0.3) is 0 Å². The molecule has 5 heteroatoms. The van der Waals surface area contributed by atoms with Crippen LogP contribution in [0.4, 0.5) is 0 Å². The third-order valence-corrected chi connectivity index (χ3v) is 3.76. The molecule has 1 aliphatic rings. The number of phenols is 1. The van der Waals surface area contributed by atoms with Gasteiger partial charge in [-0.25, -0.2) is 0 Å². The van der Waals surface area contributed by atoms with Gasteiger partial charge in [0.25, 0.3) is 0 Å². The lowest BCUT2D eigenvalue weighted by atomic mass is 9.87. The predicted molar refractivity (Wildman–Crippen MR) is 70.1 cm³/mol. The van der Waals surface area contributed by atoms with Crippen LogP contribution in [0.5, 0.6) is 11.5 Å². The zero-order chi connectivity index (χ0) is 13.1. The maximum Gasteiger partial charge on any atom is 0.142 e. The summed E-state index contributed by atoms with van der Waals surface area (Å²) in [6, 6.07) is 3.05. The van der Waals surface area contributed by atoms with Crippen LogP contribution < -0.4 is 10.5 Å². The van der Waals surface area contributed by atoms with Gasteiger partial charge in [0.2, 0.25) is 0 Å². The molecule has 2 rings (SSSR count). The van der Waals surface area contributed by atoms with Gasteiger partial charge in [-0.15, -0.1) is 0 Å². The van der Waals surface area contributed by atoms with E-state index in [1.54, 1.807) is 19.2 Å². The van der Waals surface area contributed by atoms with Gasteiger partial charge >= 0.3 is 0 Å². The Bertz CT molecular complexity index is 419. The normalized spacial score (nSPS) is 18.6. The minimum Gasteiger partial charge on any atom is -0.506 e. The fourth-order valence-electron chi connectivity index (χ4n) is 2.37. The summed E-state index contributed by atoms with van der Waals surface area (Å²) in [5, 5.41) is 10.4. The first-order valence-electron chi connectivity index (χ1n) is 6.03. The quantitative estimate of drug-likeness (QED) is 0.886. The van der Waals surface area contributed by atoms with E-state index >= 15 is 0 Å². The van der Waals surface area contributed by atoms with E-state index in [0.29, 0.717) is 29.5 Å². The minimum atomic E-state index is -0.289. The summed E-state index contributed by atoms with van der Waals surface area (Å²) in [6.45, 7) is 1.42. The number of aromatic hydroxyl groups is 1. The standard InChI is InChI=1S/C13H18ClNO3/c1-17-10-3-2-9(14)13(16)11(10)12(15)8-4-6-18-7-5-8/h2-3,8,12,16H,4-7,15H2,1H3/t12-/m1/s1. The van der Waals surface area contributed by atoms with Gasteiger partial charge in [-0.2, -0.15) is 0 Å². The molecule has 0 spiro atoms. The predicted octanol–water partition coefficient (Wildman–Crippen LogP) is 2.48. The highest BCUT2D eigenvalue weighted by atomic mass is 35.5. The molecule has 3 N–H and O–H groups in total. The van der Waals surface area contributed by atoms with Crippen LogP contribution in [-0.2, 0) is 4.74 Å². The molecule has 0 saturated carbocycles. The number of hydrogen-bond acceptors (Lipinski definition) is 4. The zero-order valence-electron chi connectivity index (χ0n) is 10.4. The van der Waals surface area contributed by atoms with Crippen LogP contribution in [0.1, 0.15) is 24.4 Å². The smallest absolute Gasteiger partial charge is 0.142 e. The van der Waals surface area contributed by atoms with E-state index < -0.39 is 0 Å². The van der Waals surface area contributed by atoms with E-state index in [-0.39, 0.29) is 17.7 Å². The average molecular weight is 272 g/mol. The number of methoxy groups -OCH3 is 1. The Morgan fingerprint density at radius 3 is 2.72 bits per heavy atom. The first kappa shape index (κ1) is 13.5. The highest BCUT2D eigenvalue weighted by Crippen LogP contribution is 2.42. The fraction of sp³-hybridized carbons (Fsp3) is 0.538. The molecule has 0 unspecified atom stereocenters. The number of rotatable bonds is 3. The van der Waals surface area contributed by atoms with Crippen LogP contribution in [0.15, 0.2) is 12.1 Å². The lowest BCUT2D eigenvalue weighted by Crippen LogP contribution is -2.27. The SMILES string of the molecule is COc1ccc(Cl)c(O)c1[C@H](N)C1CCOCC1. The third-order valence-electron chi connectivity index (χ3n) is 3.45. The van der Waals surface area contributed by atoms with Crippen molar-refractivity contribution in [2.24, 2.45) is 11.7 Å². The van der Waals surface area contributed by atoms with Crippen LogP contribution >= 0.6 is 11.6 Å². The molecule has 1 heterocycles. The molecular formula is C13H18ClNO3. The highest BCUT2D eigenvalue weighted by Gasteiger charge is 2.27. The van der Waals surface area contributed by atoms with Crippen molar-refractivity contribution in [1.82, 2.24) is 0 Å². The van der Waals surface area contributed by atoms with Crippen molar-refractivity contribution >= 4 is 11.6 Å². The molecule has 1 atom stereocenters. The number of halogens is 1. The highest BCUT2D eigenvalue weighted by molar-refractivity contribution is 6.32. The Labute approximate surface area is 112 Å². The van der Waals surface area contributed by atoms with E-state index in [0.717, 1.165) is 12.8 Å². The maximum absolute atomic E-state index is 10.1. The van der Waals surface area contributed by atoms with Crippen LogP contribution in [0.3, 0.4) is 0 Å². The first-order chi connectivity index (χ1) is 8.65. The maximum atomic E-state index is 10.1. The molecular weight excluding hydrogens is 254 g/mol. The molecule has 1 aromatic carbocycles. The molecule has 0 bridgehead atoms. The van der Waals surface area contributed by atoms with Gasteiger partial charge in [-0.1, -0.05) is 11.6 Å². The number of ether oxygens (including phenoxy) is 2. The minimum absolute atomic E-state index is 0.0232. The number of nitrogens with two attached hydrogens (primary N) is 1. The summed E-state index contributed by atoms with van der Waals surface area (Å²) in [5.74, 6) is 0.878. The Kier molecular flexibility index (Phi) is 4.32. The second-order valence-electron chi connectivity index (χ2n) is 4.49. The summed E-state index contributed by atoms with van der Waals surface area (Å²) >= 11 is 5.94. The molecule has 1 aliphatic heterocycles. The Balaban J connectivity index is 2.32. The van der Waals surface area contributed by atoms with Crippen LogP contribution in [0, 0.1) is 5.92 Å². The van der Waals surface area contributed by atoms with E-state index in [2.05, 4.69) is 0 Å². The summed E-state index contributed by atoms with van der Waals surface area (Å²) in [5.41, 5.74) is 6.86. The lowest BCUT2D eigenvalue weighted by molar-refractivity contribution is 0.0578. The molecule has 1 fully saturated rings. The second kappa shape index (κ2) is 5.78. The fourth-order valence-corrected chi connectivity index (χ4v) is 2.54. The number of phenolic OH excluding ortho intramolecular Hbond substituents is 1. The molecule has 0 aromatic heterocycles. The monoisotopic (exact) mass is 271 g/mol. The second-order valence-corrected chi connectivity index (χ2v) is 4.89. The van der Waals surface area contributed by atoms with Crippen molar-refractivity contribution in [3.63, 3.8) is 0 Å². The molecule has 4 nitrogen and oxygen atoms in total. The molecule has 0 radical (unpaired) electrons. The molecule has 0 amide bonds. The van der Waals surface area contributed by atoms with E-state index in [9.17, 15) is 5.11 Å². The van der Waals surface area contributed by atoms with Crippen molar-refractivity contribution in [1.29, 1.82) is 0 Å². The Morgan fingerprint density at radius 1 is 1.44 bits per heavy atom. The van der Waals surface area contributed by atoms with Crippen molar-refractivity contribution in [2.45, 2.75) is 18.9 Å². The molecule has 0 aliphatic carbocycles. The Hall–Kier alpha value is -0.970. The molecule has 18 heavy (non-hydrogen) atoms. The van der Waals surface area contributed by atoms with E-state index in [4.69, 9.17) is 26.8 Å². The zero-order valence-corrected chi connectivity index (χ0v) is 11.1. The van der Waals surface area contributed by atoms with E-state index in [1.165, 1.54) is 0 Å². The Morgan fingerprint density at radius 2 is 2.11 bits per heavy atom. The summed E-state index contributed by atoms with van der Waals surface area (Å²) < 4.78 is 10.6. The van der Waals surface area contributed by atoms with Gasteiger partial charge < -0.3 is 20.3 Å². The van der Waals surface area contributed by atoms with Crippen molar-refractivity contribution in [3.05, 3.63) is 22.7 Å².